The summed E-state index contributed by atoms with van der Waals surface area (Å²) in [6, 6.07) is 6.72. The van der Waals surface area contributed by atoms with Gasteiger partial charge in [0.1, 0.15) is 34.2 Å². The molecule has 0 unspecified atom stereocenters. The van der Waals surface area contributed by atoms with Crippen molar-refractivity contribution in [2.24, 2.45) is 0 Å². The predicted octanol–water partition coefficient (Wildman–Crippen LogP) is 4.58. The predicted molar refractivity (Wildman–Crippen MR) is 122 cm³/mol. The number of hydrogen-bond donors (Lipinski definition) is 2. The van der Waals surface area contributed by atoms with Gasteiger partial charge < -0.3 is 20.1 Å². The van der Waals surface area contributed by atoms with E-state index in [0.29, 0.717) is 18.5 Å². The van der Waals surface area contributed by atoms with Crippen LogP contribution in [0.5, 0.6) is 17.2 Å². The van der Waals surface area contributed by atoms with Gasteiger partial charge in [0, 0.05) is 6.20 Å². The highest BCUT2D eigenvalue weighted by Gasteiger charge is 2.51. The maximum absolute atomic E-state index is 13.4. The molecule has 12 heteroatoms. The van der Waals surface area contributed by atoms with Crippen molar-refractivity contribution in [3.63, 3.8) is 0 Å². The van der Waals surface area contributed by atoms with E-state index in [1.54, 1.807) is 6.92 Å². The molecule has 1 aliphatic rings. The Bertz CT molecular complexity index is 1310. The number of alkyl halides is 3. The van der Waals surface area contributed by atoms with Crippen LogP contribution in [0.3, 0.4) is 0 Å². The third kappa shape index (κ3) is 5.96. The number of nitrogens with zero attached hydrogens (tertiary/aromatic N) is 2. The van der Waals surface area contributed by atoms with E-state index in [-0.39, 0.29) is 17.1 Å². The molecule has 1 saturated carbocycles. The zero-order valence-electron chi connectivity index (χ0n) is 19.7. The van der Waals surface area contributed by atoms with Crippen LogP contribution in [0.2, 0.25) is 0 Å². The fourth-order valence-corrected chi connectivity index (χ4v) is 3.55. The monoisotopic (exact) mass is 518 g/mol. The number of pyridine rings is 2. The average Bonchev–Trinajstić information content (AvgIpc) is 3.64. The maximum atomic E-state index is 13.4. The van der Waals surface area contributed by atoms with Crippen LogP contribution in [0.15, 0.2) is 55.0 Å². The van der Waals surface area contributed by atoms with Crippen LogP contribution >= 0.6 is 0 Å². The number of nitrogens with one attached hydrogen (secondary N) is 2. The van der Waals surface area contributed by atoms with Crippen molar-refractivity contribution in [3.05, 3.63) is 77.6 Å². The topological polar surface area (TPSA) is 102 Å². The number of methoxy groups -OCH3 is 1. The number of halogens is 4. The Morgan fingerprint density at radius 1 is 1.05 bits per heavy atom. The van der Waals surface area contributed by atoms with Gasteiger partial charge in [0.25, 0.3) is 5.91 Å². The molecule has 3 aromatic rings. The minimum absolute atomic E-state index is 0.00470. The lowest BCUT2D eigenvalue weighted by Gasteiger charge is -2.21. The lowest BCUT2D eigenvalue weighted by atomic mass is 10.1. The van der Waals surface area contributed by atoms with Gasteiger partial charge >= 0.3 is 6.18 Å². The number of amides is 2. The number of ether oxygens (including phenoxy) is 2. The van der Waals surface area contributed by atoms with E-state index in [0.717, 1.165) is 24.4 Å². The van der Waals surface area contributed by atoms with Gasteiger partial charge in [-0.1, -0.05) is 0 Å². The van der Waals surface area contributed by atoms with E-state index >= 15 is 0 Å². The number of hydrogen-bond acceptors (Lipinski definition) is 6. The van der Waals surface area contributed by atoms with Crippen molar-refractivity contribution >= 4 is 11.8 Å². The summed E-state index contributed by atoms with van der Waals surface area (Å²) in [5.41, 5.74) is -1.71. The molecule has 194 valence electrons. The average molecular weight is 518 g/mol. The molecule has 1 fully saturated rings. The third-order valence-electron chi connectivity index (χ3n) is 5.77. The second-order valence-corrected chi connectivity index (χ2v) is 8.50. The van der Waals surface area contributed by atoms with Gasteiger partial charge in [-0.3, -0.25) is 19.6 Å². The van der Waals surface area contributed by atoms with E-state index in [1.165, 1.54) is 37.7 Å². The molecule has 0 radical (unpaired) electrons. The Morgan fingerprint density at radius 3 is 2.38 bits per heavy atom. The number of rotatable bonds is 8. The van der Waals surface area contributed by atoms with Gasteiger partial charge in [0.2, 0.25) is 5.91 Å². The highest BCUT2D eigenvalue weighted by Crippen LogP contribution is 2.40. The van der Waals surface area contributed by atoms with Crippen LogP contribution in [0.4, 0.5) is 17.6 Å². The van der Waals surface area contributed by atoms with E-state index < -0.39 is 46.7 Å². The molecule has 0 aliphatic heterocycles. The SMILES string of the molecule is COc1ccc(Oc2ccc([C@@H](C)NC(=O)C3(NC(=O)c4cncc(F)c4)CC3)nc2)c(C(F)(F)F)c1. The summed E-state index contributed by atoms with van der Waals surface area (Å²) in [5.74, 6) is -2.04. The molecule has 0 spiro atoms. The molecule has 1 aromatic carbocycles. The van der Waals surface area contributed by atoms with Gasteiger partial charge in [-0.25, -0.2) is 4.39 Å². The first-order chi connectivity index (χ1) is 17.5. The van der Waals surface area contributed by atoms with Gasteiger partial charge in [-0.2, -0.15) is 13.2 Å². The first-order valence-electron chi connectivity index (χ1n) is 11.1. The molecule has 4 rings (SSSR count). The molecule has 1 atom stereocenters. The zero-order valence-corrected chi connectivity index (χ0v) is 19.7. The quantitative estimate of drug-likeness (QED) is 0.424. The van der Waals surface area contributed by atoms with E-state index in [1.807, 2.05) is 0 Å². The lowest BCUT2D eigenvalue weighted by molar-refractivity contribution is -0.138. The largest absolute Gasteiger partial charge is 0.497 e. The molecule has 37 heavy (non-hydrogen) atoms. The molecule has 0 saturated heterocycles. The molecular weight excluding hydrogens is 496 g/mol. The highest BCUT2D eigenvalue weighted by molar-refractivity contribution is 6.00. The Labute approximate surface area is 209 Å². The molecule has 2 amide bonds. The van der Waals surface area contributed by atoms with Crippen LogP contribution in [0.25, 0.3) is 0 Å². The molecule has 0 bridgehead atoms. The van der Waals surface area contributed by atoms with Crippen LogP contribution in [0.1, 0.15) is 47.4 Å². The van der Waals surface area contributed by atoms with E-state index in [4.69, 9.17) is 9.47 Å². The van der Waals surface area contributed by atoms with Crippen molar-refractivity contribution in [2.75, 3.05) is 7.11 Å². The summed E-state index contributed by atoms with van der Waals surface area (Å²) in [6.45, 7) is 1.67. The molecule has 2 N–H and O–H groups in total. The van der Waals surface area contributed by atoms with Crippen LogP contribution < -0.4 is 20.1 Å². The normalized spacial score (nSPS) is 14.9. The first-order valence-corrected chi connectivity index (χ1v) is 11.1. The fourth-order valence-electron chi connectivity index (χ4n) is 3.55. The molecule has 2 heterocycles. The summed E-state index contributed by atoms with van der Waals surface area (Å²) in [6.07, 6.45) is -0.434. The van der Waals surface area contributed by atoms with Crippen molar-refractivity contribution in [1.82, 2.24) is 20.6 Å². The summed E-state index contributed by atoms with van der Waals surface area (Å²) < 4.78 is 63.9. The maximum Gasteiger partial charge on any atom is 0.420 e. The Morgan fingerprint density at radius 2 is 1.78 bits per heavy atom. The zero-order chi connectivity index (χ0) is 26.8. The van der Waals surface area contributed by atoms with E-state index in [2.05, 4.69) is 20.6 Å². The standard InChI is InChI=1S/C25H22F4N4O4/c1-14(32-23(35)24(7-8-24)33-22(34)15-9-16(26)12-30-11-15)20-5-3-18(13-31-20)37-21-6-4-17(36-2)10-19(21)25(27,28)29/h3-6,9-14H,7-8H2,1-2H3,(H,32,35)(H,33,34)/t14-/m1/s1. The van der Waals surface area contributed by atoms with Gasteiger partial charge in [0.05, 0.1) is 36.8 Å². The Balaban J connectivity index is 1.40. The minimum Gasteiger partial charge on any atom is -0.497 e. The van der Waals surface area contributed by atoms with E-state index in [9.17, 15) is 27.2 Å². The summed E-state index contributed by atoms with van der Waals surface area (Å²) in [7, 11) is 1.26. The number of aromatic nitrogens is 2. The fraction of sp³-hybridized carbons (Fsp3) is 0.280. The molecule has 8 nitrogen and oxygen atoms in total. The second-order valence-electron chi connectivity index (χ2n) is 8.50. The lowest BCUT2D eigenvalue weighted by Crippen LogP contribution is -2.49. The van der Waals surface area contributed by atoms with Gasteiger partial charge in [-0.15, -0.1) is 0 Å². The Hall–Kier alpha value is -4.22. The van der Waals surface area contributed by atoms with Crippen LogP contribution in [-0.4, -0.2) is 34.4 Å². The molecule has 1 aliphatic carbocycles. The van der Waals surface area contributed by atoms with Crippen molar-refractivity contribution in [2.45, 2.75) is 37.5 Å². The van der Waals surface area contributed by atoms with Crippen LogP contribution in [-0.2, 0) is 11.0 Å². The smallest absolute Gasteiger partial charge is 0.420 e. The third-order valence-corrected chi connectivity index (χ3v) is 5.77. The minimum atomic E-state index is -4.66. The number of benzene rings is 1. The second kappa shape index (κ2) is 10.0. The van der Waals surface area contributed by atoms with Crippen molar-refractivity contribution < 1.29 is 36.6 Å². The summed E-state index contributed by atoms with van der Waals surface area (Å²) >= 11 is 0. The van der Waals surface area contributed by atoms with Crippen LogP contribution in [0, 0.1) is 5.82 Å². The van der Waals surface area contributed by atoms with Crippen molar-refractivity contribution in [3.8, 4) is 17.2 Å². The highest BCUT2D eigenvalue weighted by atomic mass is 19.4. The Kier molecular flexibility index (Phi) is 7.01. The molecule has 2 aromatic heterocycles. The number of carbonyl (C=O) groups excluding carboxylic acids is 2. The van der Waals surface area contributed by atoms with Gasteiger partial charge in [0.15, 0.2) is 0 Å². The molecular formula is C25H22F4N4O4. The summed E-state index contributed by atoms with van der Waals surface area (Å²) in [4.78, 5) is 33.1. The van der Waals surface area contributed by atoms with Gasteiger partial charge in [-0.05, 0) is 56.2 Å². The summed E-state index contributed by atoms with van der Waals surface area (Å²) in [5, 5.41) is 5.40. The van der Waals surface area contributed by atoms with Crippen molar-refractivity contribution in [1.29, 1.82) is 0 Å². The first kappa shape index (κ1) is 25.9. The number of carbonyl (C=O) groups is 2.